The van der Waals surface area contributed by atoms with Crippen LogP contribution in [-0.4, -0.2) is 34.0 Å². The van der Waals surface area contributed by atoms with Crippen LogP contribution in [0.25, 0.3) is 0 Å². The van der Waals surface area contributed by atoms with E-state index < -0.39 is 6.10 Å². The van der Waals surface area contributed by atoms with Gasteiger partial charge >= 0.3 is 0 Å². The van der Waals surface area contributed by atoms with Crippen LogP contribution in [0.15, 0.2) is 0 Å². The lowest BCUT2D eigenvalue weighted by Gasteiger charge is -2.58. The van der Waals surface area contributed by atoms with Crippen molar-refractivity contribution in [2.24, 2.45) is 34.5 Å². The molecule has 4 rings (SSSR count). The summed E-state index contributed by atoms with van der Waals surface area (Å²) in [7, 11) is 0. The molecule has 0 radical (unpaired) electrons. The number of ketones is 2. The molecular formula is C19H28O4. The largest absolute Gasteiger partial charge is 0.393 e. The number of carbonyl (C=O) groups is 2. The Morgan fingerprint density at radius 3 is 2.26 bits per heavy atom. The molecule has 4 heteroatoms. The lowest BCUT2D eigenvalue weighted by Crippen LogP contribution is -2.61. The predicted octanol–water partition coefficient (Wildman–Crippen LogP) is 2.11. The number of aliphatic hydroxyl groups is 2. The quantitative estimate of drug-likeness (QED) is 0.670. The molecule has 0 aliphatic heterocycles. The minimum Gasteiger partial charge on any atom is -0.393 e. The fourth-order valence-corrected chi connectivity index (χ4v) is 6.71. The summed E-state index contributed by atoms with van der Waals surface area (Å²) >= 11 is 0. The highest BCUT2D eigenvalue weighted by Gasteiger charge is 2.65. The van der Waals surface area contributed by atoms with Gasteiger partial charge in [-0.05, 0) is 67.6 Å². The average Bonchev–Trinajstić information content (AvgIpc) is 2.82. The molecule has 0 aromatic rings. The Hall–Kier alpha value is -0.740. The van der Waals surface area contributed by atoms with Gasteiger partial charge in [0, 0.05) is 11.8 Å². The summed E-state index contributed by atoms with van der Waals surface area (Å²) in [6.07, 6.45) is 4.75. The van der Waals surface area contributed by atoms with Gasteiger partial charge in [-0.3, -0.25) is 9.59 Å². The highest BCUT2D eigenvalue weighted by atomic mass is 16.3. The Morgan fingerprint density at radius 2 is 1.52 bits per heavy atom. The molecule has 2 N–H and O–H groups in total. The van der Waals surface area contributed by atoms with E-state index in [1.54, 1.807) is 0 Å². The van der Waals surface area contributed by atoms with E-state index in [4.69, 9.17) is 0 Å². The second-order valence-corrected chi connectivity index (χ2v) is 9.09. The Balaban J connectivity index is 1.75. The number of Topliss-reactive ketones (excluding diaryl/α,β-unsaturated/α-hetero) is 2. The third-order valence-corrected chi connectivity index (χ3v) is 8.25. The summed E-state index contributed by atoms with van der Waals surface area (Å²) < 4.78 is 0. The van der Waals surface area contributed by atoms with Crippen molar-refractivity contribution in [1.82, 2.24) is 0 Å². The molecule has 4 aliphatic rings. The fraction of sp³-hybridized carbons (Fsp3) is 0.895. The lowest BCUT2D eigenvalue weighted by atomic mass is 9.44. The molecule has 4 nitrogen and oxygen atoms in total. The average molecular weight is 320 g/mol. The van der Waals surface area contributed by atoms with Crippen LogP contribution in [-0.2, 0) is 9.59 Å². The third kappa shape index (κ3) is 1.91. The molecule has 128 valence electrons. The van der Waals surface area contributed by atoms with Gasteiger partial charge in [0.1, 0.15) is 0 Å². The Labute approximate surface area is 137 Å². The van der Waals surface area contributed by atoms with E-state index in [9.17, 15) is 19.8 Å². The minimum atomic E-state index is -0.441. The molecule has 0 spiro atoms. The van der Waals surface area contributed by atoms with E-state index in [0.717, 1.165) is 38.5 Å². The molecule has 4 aliphatic carbocycles. The molecule has 0 aromatic carbocycles. The molecule has 23 heavy (non-hydrogen) atoms. The summed E-state index contributed by atoms with van der Waals surface area (Å²) in [5.74, 6) is -0.536. The van der Waals surface area contributed by atoms with Crippen LogP contribution >= 0.6 is 0 Å². The van der Waals surface area contributed by atoms with Gasteiger partial charge in [0.15, 0.2) is 0 Å². The van der Waals surface area contributed by atoms with E-state index in [1.807, 2.05) is 0 Å². The molecule has 0 bridgehead atoms. The van der Waals surface area contributed by atoms with Crippen LogP contribution < -0.4 is 0 Å². The zero-order valence-electron chi connectivity index (χ0n) is 14.1. The van der Waals surface area contributed by atoms with Gasteiger partial charge in [0.05, 0.1) is 12.2 Å². The van der Waals surface area contributed by atoms with Gasteiger partial charge in [-0.25, -0.2) is 0 Å². The molecule has 0 amide bonds. The van der Waals surface area contributed by atoms with Crippen LogP contribution in [0.1, 0.15) is 58.8 Å². The maximum atomic E-state index is 12.9. The van der Waals surface area contributed by atoms with E-state index in [2.05, 4.69) is 13.8 Å². The number of hydrogen-bond donors (Lipinski definition) is 2. The Morgan fingerprint density at radius 1 is 0.870 bits per heavy atom. The molecule has 0 heterocycles. The molecule has 0 aromatic heterocycles. The van der Waals surface area contributed by atoms with Crippen molar-refractivity contribution in [1.29, 1.82) is 0 Å². The summed E-state index contributed by atoms with van der Waals surface area (Å²) in [6, 6.07) is 0. The minimum absolute atomic E-state index is 0.149. The fourth-order valence-electron chi connectivity index (χ4n) is 6.71. The summed E-state index contributed by atoms with van der Waals surface area (Å²) in [5.41, 5.74) is -0.349. The first kappa shape index (κ1) is 15.8. The van der Waals surface area contributed by atoms with E-state index in [-0.39, 0.29) is 52.2 Å². The van der Waals surface area contributed by atoms with Crippen LogP contribution in [0.4, 0.5) is 0 Å². The van der Waals surface area contributed by atoms with Gasteiger partial charge < -0.3 is 10.2 Å². The van der Waals surface area contributed by atoms with Gasteiger partial charge in [0.25, 0.3) is 0 Å². The van der Waals surface area contributed by atoms with Crippen LogP contribution in [0.5, 0.6) is 0 Å². The van der Waals surface area contributed by atoms with Crippen molar-refractivity contribution in [3.05, 3.63) is 0 Å². The predicted molar refractivity (Wildman–Crippen MR) is 84.5 cm³/mol. The second kappa shape index (κ2) is 4.89. The Kier molecular flexibility index (Phi) is 3.35. The van der Waals surface area contributed by atoms with Crippen molar-refractivity contribution in [2.75, 3.05) is 0 Å². The van der Waals surface area contributed by atoms with Gasteiger partial charge in [-0.2, -0.15) is 0 Å². The number of hydrogen-bond acceptors (Lipinski definition) is 4. The number of aliphatic hydroxyl groups excluding tert-OH is 2. The monoisotopic (exact) mass is 320 g/mol. The highest BCUT2D eigenvalue weighted by Crippen LogP contribution is 2.64. The Bertz CT molecular complexity index is 558. The SMILES string of the molecule is C[C@]12CCC(O)CC1C(=O)C(=O)C1C2CC[C@@]2(C)C1CC[C@@H]2O. The topological polar surface area (TPSA) is 74.6 Å². The number of carbonyl (C=O) groups excluding carboxylic acids is 2. The molecular weight excluding hydrogens is 292 g/mol. The van der Waals surface area contributed by atoms with E-state index >= 15 is 0 Å². The van der Waals surface area contributed by atoms with Crippen molar-refractivity contribution < 1.29 is 19.8 Å². The molecule has 0 saturated heterocycles. The number of rotatable bonds is 0. The normalized spacial score (nSPS) is 56.0. The standard InChI is InChI=1S/C19H28O4/c1-18-7-5-10(20)9-13(18)16(22)17(23)15-11-3-4-14(21)19(11,2)8-6-12(15)18/h10-15,20-21H,3-9H2,1-2H3/t10?,11?,12?,13?,14-,15?,18+,19-/m0/s1. The molecule has 8 atom stereocenters. The molecule has 4 fully saturated rings. The van der Waals surface area contributed by atoms with Crippen molar-refractivity contribution in [3.8, 4) is 0 Å². The number of fused-ring (bicyclic) bond motifs is 5. The van der Waals surface area contributed by atoms with Crippen molar-refractivity contribution in [3.63, 3.8) is 0 Å². The molecule has 4 saturated carbocycles. The maximum Gasteiger partial charge on any atom is 0.202 e. The van der Waals surface area contributed by atoms with Gasteiger partial charge in [0.2, 0.25) is 11.6 Å². The van der Waals surface area contributed by atoms with E-state index in [0.29, 0.717) is 6.42 Å². The lowest BCUT2D eigenvalue weighted by molar-refractivity contribution is -0.172. The summed E-state index contributed by atoms with van der Waals surface area (Å²) in [6.45, 7) is 4.29. The maximum absolute atomic E-state index is 12.9. The van der Waals surface area contributed by atoms with Crippen LogP contribution in [0.2, 0.25) is 0 Å². The van der Waals surface area contributed by atoms with Gasteiger partial charge in [-0.15, -0.1) is 0 Å². The first-order valence-corrected chi connectivity index (χ1v) is 9.23. The first-order valence-electron chi connectivity index (χ1n) is 9.23. The van der Waals surface area contributed by atoms with E-state index in [1.165, 1.54) is 0 Å². The zero-order chi connectivity index (χ0) is 16.6. The van der Waals surface area contributed by atoms with Crippen molar-refractivity contribution >= 4 is 11.6 Å². The third-order valence-electron chi connectivity index (χ3n) is 8.25. The first-order chi connectivity index (χ1) is 10.8. The summed E-state index contributed by atoms with van der Waals surface area (Å²) in [5, 5.41) is 20.4. The molecule has 5 unspecified atom stereocenters. The zero-order valence-corrected chi connectivity index (χ0v) is 14.1. The van der Waals surface area contributed by atoms with Crippen LogP contribution in [0, 0.1) is 34.5 Å². The summed E-state index contributed by atoms with van der Waals surface area (Å²) in [4.78, 5) is 25.8. The van der Waals surface area contributed by atoms with Gasteiger partial charge in [-0.1, -0.05) is 13.8 Å². The smallest absolute Gasteiger partial charge is 0.202 e. The second-order valence-electron chi connectivity index (χ2n) is 9.09. The highest BCUT2D eigenvalue weighted by molar-refractivity contribution is 6.39. The van der Waals surface area contributed by atoms with Crippen LogP contribution in [0.3, 0.4) is 0 Å². The van der Waals surface area contributed by atoms with Crippen molar-refractivity contribution in [2.45, 2.75) is 71.0 Å².